The fourth-order valence-electron chi connectivity index (χ4n) is 2.59. The highest BCUT2D eigenvalue weighted by Crippen LogP contribution is 2.34. The van der Waals surface area contributed by atoms with Crippen LogP contribution in [-0.4, -0.2) is 0 Å². The van der Waals surface area contributed by atoms with Crippen LogP contribution in [-0.2, 0) is 5.75 Å². The van der Waals surface area contributed by atoms with E-state index < -0.39 is 0 Å². The van der Waals surface area contributed by atoms with Crippen molar-refractivity contribution in [3.8, 4) is 0 Å². The van der Waals surface area contributed by atoms with Gasteiger partial charge < -0.3 is 4.90 Å². The van der Waals surface area contributed by atoms with Gasteiger partial charge in [0.2, 0.25) is 0 Å². The van der Waals surface area contributed by atoms with Gasteiger partial charge in [0.25, 0.3) is 0 Å². The van der Waals surface area contributed by atoms with E-state index in [1.807, 2.05) is 0 Å². The molecule has 0 unspecified atom stereocenters. The fourth-order valence-corrected chi connectivity index (χ4v) is 2.80. The second-order valence-corrected chi connectivity index (χ2v) is 6.15. The predicted molar refractivity (Wildman–Crippen MR) is 103 cm³/mol. The van der Waals surface area contributed by atoms with Gasteiger partial charge in [-0.2, -0.15) is 12.6 Å². The number of aryl methyl sites for hydroxylation is 2. The Morgan fingerprint density at radius 2 is 0.957 bits per heavy atom. The number of anilines is 3. The molecule has 0 aliphatic rings. The molecule has 0 aliphatic carbocycles. The summed E-state index contributed by atoms with van der Waals surface area (Å²) in [5, 5.41) is 0. The quantitative estimate of drug-likeness (QED) is 0.560. The Morgan fingerprint density at radius 1 is 0.609 bits per heavy atom. The van der Waals surface area contributed by atoms with Crippen molar-refractivity contribution >= 4 is 29.7 Å². The molecule has 0 amide bonds. The minimum Gasteiger partial charge on any atom is -0.311 e. The summed E-state index contributed by atoms with van der Waals surface area (Å²) >= 11 is 4.34. The molecule has 3 aromatic rings. The van der Waals surface area contributed by atoms with Crippen molar-refractivity contribution in [2.24, 2.45) is 0 Å². The third kappa shape index (κ3) is 3.59. The van der Waals surface area contributed by atoms with Gasteiger partial charge in [-0.15, -0.1) is 0 Å². The van der Waals surface area contributed by atoms with Gasteiger partial charge in [0.15, 0.2) is 0 Å². The summed E-state index contributed by atoms with van der Waals surface area (Å²) in [5.41, 5.74) is 7.25. The molecule has 0 N–H and O–H groups in total. The molecular formula is C21H21NS. The van der Waals surface area contributed by atoms with Gasteiger partial charge in [0.05, 0.1) is 0 Å². The van der Waals surface area contributed by atoms with Gasteiger partial charge in [0.1, 0.15) is 0 Å². The molecule has 0 heterocycles. The molecule has 0 saturated carbocycles. The molecule has 0 fully saturated rings. The lowest BCUT2D eigenvalue weighted by Gasteiger charge is -2.26. The first-order chi connectivity index (χ1) is 11.2. The molecule has 1 nitrogen and oxygen atoms in total. The Morgan fingerprint density at radius 3 is 1.30 bits per heavy atom. The Bertz CT molecular complexity index is 713. The van der Waals surface area contributed by atoms with Crippen LogP contribution in [0.25, 0.3) is 0 Å². The lowest BCUT2D eigenvalue weighted by atomic mass is 10.1. The molecule has 3 rings (SSSR count). The van der Waals surface area contributed by atoms with Gasteiger partial charge >= 0.3 is 0 Å². The number of rotatable bonds is 4. The first-order valence-corrected chi connectivity index (χ1v) is 8.44. The standard InChI is InChI=1S/C21H21NS/c1-16-3-9-19(10-4-16)22(20-11-5-17(2)6-12-20)21-13-7-18(15-23)8-14-21/h3-14,23H,15H2,1-2H3. The molecule has 0 radical (unpaired) electrons. The number of benzene rings is 3. The van der Waals surface area contributed by atoms with Crippen LogP contribution in [0.1, 0.15) is 16.7 Å². The maximum Gasteiger partial charge on any atom is 0.0461 e. The second-order valence-electron chi connectivity index (χ2n) is 5.83. The van der Waals surface area contributed by atoms with Gasteiger partial charge in [-0.1, -0.05) is 47.5 Å². The Hall–Kier alpha value is -2.19. The average Bonchev–Trinajstić information content (AvgIpc) is 2.59. The topological polar surface area (TPSA) is 3.24 Å². The number of hydrogen-bond acceptors (Lipinski definition) is 2. The average molecular weight is 319 g/mol. The van der Waals surface area contributed by atoms with E-state index in [-0.39, 0.29) is 0 Å². The highest BCUT2D eigenvalue weighted by molar-refractivity contribution is 7.79. The lowest BCUT2D eigenvalue weighted by molar-refractivity contribution is 1.26. The summed E-state index contributed by atoms with van der Waals surface area (Å²) in [5.74, 6) is 0.759. The highest BCUT2D eigenvalue weighted by Gasteiger charge is 2.11. The monoisotopic (exact) mass is 319 g/mol. The first kappa shape index (κ1) is 15.7. The Kier molecular flexibility index (Phi) is 4.73. The lowest BCUT2D eigenvalue weighted by Crippen LogP contribution is -2.09. The predicted octanol–water partition coefficient (Wildman–Crippen LogP) is 6.20. The van der Waals surface area contributed by atoms with E-state index in [9.17, 15) is 0 Å². The maximum absolute atomic E-state index is 4.34. The third-order valence-corrected chi connectivity index (χ3v) is 4.33. The van der Waals surface area contributed by atoms with Crippen LogP contribution >= 0.6 is 12.6 Å². The minimum atomic E-state index is 0.759. The van der Waals surface area contributed by atoms with Crippen LogP contribution in [0.2, 0.25) is 0 Å². The smallest absolute Gasteiger partial charge is 0.0461 e. The zero-order valence-electron chi connectivity index (χ0n) is 13.5. The maximum atomic E-state index is 4.34. The minimum absolute atomic E-state index is 0.759. The Balaban J connectivity index is 2.08. The van der Waals surface area contributed by atoms with Crippen LogP contribution in [0.15, 0.2) is 72.8 Å². The van der Waals surface area contributed by atoms with Crippen LogP contribution in [0, 0.1) is 13.8 Å². The zero-order valence-corrected chi connectivity index (χ0v) is 14.4. The normalized spacial score (nSPS) is 10.6. The van der Waals surface area contributed by atoms with E-state index in [0.717, 1.165) is 22.8 Å². The summed E-state index contributed by atoms with van der Waals surface area (Å²) in [6, 6.07) is 25.9. The van der Waals surface area contributed by atoms with Gasteiger partial charge in [0, 0.05) is 22.8 Å². The molecule has 2 heteroatoms. The molecule has 116 valence electrons. The largest absolute Gasteiger partial charge is 0.311 e. The van der Waals surface area contributed by atoms with Gasteiger partial charge in [-0.3, -0.25) is 0 Å². The van der Waals surface area contributed by atoms with Crippen molar-refractivity contribution in [1.29, 1.82) is 0 Å². The van der Waals surface area contributed by atoms with E-state index in [0.29, 0.717) is 0 Å². The summed E-state index contributed by atoms with van der Waals surface area (Å²) in [4.78, 5) is 2.28. The summed E-state index contributed by atoms with van der Waals surface area (Å²) in [6.45, 7) is 4.23. The van der Waals surface area contributed by atoms with Gasteiger partial charge in [-0.25, -0.2) is 0 Å². The summed E-state index contributed by atoms with van der Waals surface area (Å²) < 4.78 is 0. The van der Waals surface area contributed by atoms with Crippen LogP contribution < -0.4 is 4.90 Å². The van der Waals surface area contributed by atoms with E-state index >= 15 is 0 Å². The molecule has 0 atom stereocenters. The van der Waals surface area contributed by atoms with Crippen molar-refractivity contribution in [3.63, 3.8) is 0 Å². The van der Waals surface area contributed by atoms with Crippen LogP contribution in [0.5, 0.6) is 0 Å². The first-order valence-electron chi connectivity index (χ1n) is 7.80. The van der Waals surface area contributed by atoms with E-state index in [1.165, 1.54) is 16.7 Å². The highest BCUT2D eigenvalue weighted by atomic mass is 32.1. The molecule has 0 aromatic heterocycles. The van der Waals surface area contributed by atoms with Crippen molar-refractivity contribution < 1.29 is 0 Å². The Labute approximate surface area is 144 Å². The molecule has 0 spiro atoms. The van der Waals surface area contributed by atoms with Crippen LogP contribution in [0.4, 0.5) is 17.1 Å². The SMILES string of the molecule is Cc1ccc(N(c2ccc(C)cc2)c2ccc(CS)cc2)cc1. The number of hydrogen-bond donors (Lipinski definition) is 1. The molecule has 0 saturated heterocycles. The summed E-state index contributed by atoms with van der Waals surface area (Å²) in [7, 11) is 0. The molecule has 0 aliphatic heterocycles. The number of thiol groups is 1. The summed E-state index contributed by atoms with van der Waals surface area (Å²) in [6.07, 6.45) is 0. The number of nitrogens with zero attached hydrogens (tertiary/aromatic N) is 1. The van der Waals surface area contributed by atoms with E-state index in [4.69, 9.17) is 0 Å². The third-order valence-electron chi connectivity index (χ3n) is 3.96. The van der Waals surface area contributed by atoms with Crippen molar-refractivity contribution in [2.45, 2.75) is 19.6 Å². The van der Waals surface area contributed by atoms with Crippen molar-refractivity contribution in [3.05, 3.63) is 89.5 Å². The van der Waals surface area contributed by atoms with Crippen molar-refractivity contribution in [2.75, 3.05) is 4.90 Å². The second kappa shape index (κ2) is 6.93. The zero-order chi connectivity index (χ0) is 16.2. The van der Waals surface area contributed by atoms with Gasteiger partial charge in [-0.05, 0) is 55.8 Å². The molecule has 0 bridgehead atoms. The van der Waals surface area contributed by atoms with Crippen LogP contribution in [0.3, 0.4) is 0 Å². The molecule has 23 heavy (non-hydrogen) atoms. The van der Waals surface area contributed by atoms with Crippen molar-refractivity contribution in [1.82, 2.24) is 0 Å². The molecule has 3 aromatic carbocycles. The van der Waals surface area contributed by atoms with E-state index in [2.05, 4.69) is 104 Å². The van der Waals surface area contributed by atoms with E-state index in [1.54, 1.807) is 0 Å². The fraction of sp³-hybridized carbons (Fsp3) is 0.143. The molecular weight excluding hydrogens is 298 g/mol.